The van der Waals surface area contributed by atoms with Gasteiger partial charge in [0.2, 0.25) is 0 Å². The molecule has 2 aromatic heterocycles. The molecule has 20 heavy (non-hydrogen) atoms. The van der Waals surface area contributed by atoms with Crippen LogP contribution in [-0.4, -0.2) is 36.8 Å². The molecule has 0 aliphatic carbocycles. The zero-order valence-electron chi connectivity index (χ0n) is 11.4. The molecular weight excluding hydrogens is 276 g/mol. The number of carboxylic acids is 1. The third-order valence-electron chi connectivity index (χ3n) is 3.61. The van der Waals surface area contributed by atoms with Crippen molar-refractivity contribution in [3.63, 3.8) is 0 Å². The summed E-state index contributed by atoms with van der Waals surface area (Å²) in [6, 6.07) is 1.58. The van der Waals surface area contributed by atoms with Gasteiger partial charge in [-0.15, -0.1) is 21.5 Å². The third-order valence-corrected chi connectivity index (χ3v) is 4.52. The molecule has 0 saturated heterocycles. The van der Waals surface area contributed by atoms with Gasteiger partial charge in [-0.1, -0.05) is 0 Å². The number of nitrogens with zero attached hydrogens (tertiary/aromatic N) is 4. The van der Waals surface area contributed by atoms with E-state index in [4.69, 9.17) is 0 Å². The van der Waals surface area contributed by atoms with Gasteiger partial charge in [0.1, 0.15) is 17.7 Å². The highest BCUT2D eigenvalue weighted by atomic mass is 32.1. The minimum Gasteiger partial charge on any atom is -0.480 e. The van der Waals surface area contributed by atoms with Crippen molar-refractivity contribution in [3.8, 4) is 0 Å². The van der Waals surface area contributed by atoms with E-state index in [9.17, 15) is 9.90 Å². The van der Waals surface area contributed by atoms with E-state index in [-0.39, 0.29) is 0 Å². The van der Waals surface area contributed by atoms with Crippen molar-refractivity contribution in [1.29, 1.82) is 0 Å². The number of hydrogen-bond acceptors (Lipinski definition) is 5. The number of aryl methyl sites for hydroxylation is 2. The van der Waals surface area contributed by atoms with Crippen molar-refractivity contribution in [2.45, 2.75) is 39.5 Å². The molecule has 6 nitrogen and oxygen atoms in total. The second kappa shape index (κ2) is 4.99. The maximum Gasteiger partial charge on any atom is 0.322 e. The van der Waals surface area contributed by atoms with E-state index >= 15 is 0 Å². The van der Waals surface area contributed by atoms with Crippen LogP contribution in [0.25, 0.3) is 0 Å². The predicted molar refractivity (Wildman–Crippen MR) is 74.5 cm³/mol. The van der Waals surface area contributed by atoms with E-state index < -0.39 is 12.0 Å². The predicted octanol–water partition coefficient (Wildman–Crippen LogP) is 1.43. The Morgan fingerprint density at radius 2 is 2.30 bits per heavy atom. The molecule has 1 aliphatic heterocycles. The topological polar surface area (TPSA) is 71.2 Å². The molecule has 2 aromatic rings. The molecule has 1 unspecified atom stereocenters. The largest absolute Gasteiger partial charge is 0.480 e. The molecule has 1 aliphatic rings. The summed E-state index contributed by atoms with van der Waals surface area (Å²) in [6.45, 7) is 5.47. The first kappa shape index (κ1) is 13.3. The van der Waals surface area contributed by atoms with Crippen molar-refractivity contribution in [2.24, 2.45) is 0 Å². The monoisotopic (exact) mass is 292 g/mol. The molecule has 1 N–H and O–H groups in total. The quantitative estimate of drug-likeness (QED) is 0.926. The van der Waals surface area contributed by atoms with Gasteiger partial charge in [0.25, 0.3) is 0 Å². The zero-order valence-corrected chi connectivity index (χ0v) is 12.2. The summed E-state index contributed by atoms with van der Waals surface area (Å²) in [4.78, 5) is 14.7. The molecule has 7 heteroatoms. The van der Waals surface area contributed by atoms with Crippen LogP contribution in [0.15, 0.2) is 11.4 Å². The normalized spacial score (nSPS) is 19.0. The number of fused-ring (bicyclic) bond motifs is 1. The number of aromatic nitrogens is 3. The maximum absolute atomic E-state index is 11.5. The van der Waals surface area contributed by atoms with Gasteiger partial charge in [0.15, 0.2) is 0 Å². The number of thiophene rings is 1. The van der Waals surface area contributed by atoms with Gasteiger partial charge in [0.05, 0.1) is 13.1 Å². The van der Waals surface area contributed by atoms with E-state index in [0.29, 0.717) is 19.6 Å². The van der Waals surface area contributed by atoms with Crippen LogP contribution < -0.4 is 0 Å². The lowest BCUT2D eigenvalue weighted by Crippen LogP contribution is -2.47. The molecule has 3 heterocycles. The van der Waals surface area contributed by atoms with E-state index in [0.717, 1.165) is 17.2 Å². The summed E-state index contributed by atoms with van der Waals surface area (Å²) in [5, 5.41) is 19.7. The van der Waals surface area contributed by atoms with Gasteiger partial charge in [-0.3, -0.25) is 9.69 Å². The van der Waals surface area contributed by atoms with Crippen LogP contribution in [0, 0.1) is 13.8 Å². The summed E-state index contributed by atoms with van der Waals surface area (Å²) < 4.78 is 1.90. The molecule has 0 saturated carbocycles. The highest BCUT2D eigenvalue weighted by Crippen LogP contribution is 2.22. The molecule has 0 aromatic carbocycles. The summed E-state index contributed by atoms with van der Waals surface area (Å²) in [5.41, 5.74) is 1.16. The van der Waals surface area contributed by atoms with Crippen molar-refractivity contribution in [2.75, 3.05) is 0 Å². The van der Waals surface area contributed by atoms with Crippen LogP contribution in [0.3, 0.4) is 0 Å². The number of hydrogen-bond donors (Lipinski definition) is 1. The Hall–Kier alpha value is -1.73. The smallest absolute Gasteiger partial charge is 0.322 e. The molecule has 1 atom stereocenters. The highest BCUT2D eigenvalue weighted by Gasteiger charge is 2.33. The first-order valence-corrected chi connectivity index (χ1v) is 7.32. The van der Waals surface area contributed by atoms with Gasteiger partial charge >= 0.3 is 5.97 Å². The summed E-state index contributed by atoms with van der Waals surface area (Å²) in [5.74, 6) is 0.819. The average Bonchev–Trinajstić information content (AvgIpc) is 2.96. The summed E-state index contributed by atoms with van der Waals surface area (Å²) in [6.07, 6.45) is 0. The number of aliphatic carboxylic acids is 1. The molecule has 106 valence electrons. The van der Waals surface area contributed by atoms with E-state index in [1.807, 2.05) is 16.4 Å². The second-order valence-corrected chi connectivity index (χ2v) is 6.21. The van der Waals surface area contributed by atoms with E-state index in [1.165, 1.54) is 4.88 Å². The van der Waals surface area contributed by atoms with Gasteiger partial charge in [-0.2, -0.15) is 0 Å². The Morgan fingerprint density at radius 3 is 2.95 bits per heavy atom. The van der Waals surface area contributed by atoms with Crippen LogP contribution in [0.4, 0.5) is 0 Å². The minimum absolute atomic E-state index is 0.409. The SMILES string of the molecule is Cc1cc(CN2Cc3nnc(C)n3CC2C(=O)O)cs1. The van der Waals surface area contributed by atoms with Crippen molar-refractivity contribution < 1.29 is 9.90 Å². The fourth-order valence-corrected chi connectivity index (χ4v) is 3.27. The van der Waals surface area contributed by atoms with E-state index in [1.54, 1.807) is 11.3 Å². The van der Waals surface area contributed by atoms with Gasteiger partial charge in [0, 0.05) is 11.4 Å². The molecule has 3 rings (SSSR count). The van der Waals surface area contributed by atoms with E-state index in [2.05, 4.69) is 28.6 Å². The Kier molecular flexibility index (Phi) is 3.31. The van der Waals surface area contributed by atoms with Gasteiger partial charge in [-0.25, -0.2) is 0 Å². The first-order chi connectivity index (χ1) is 9.54. The van der Waals surface area contributed by atoms with Crippen molar-refractivity contribution >= 4 is 17.3 Å². The molecule has 0 amide bonds. The zero-order chi connectivity index (χ0) is 14.3. The van der Waals surface area contributed by atoms with Crippen LogP contribution >= 0.6 is 11.3 Å². The lowest BCUT2D eigenvalue weighted by molar-refractivity contribution is -0.145. The maximum atomic E-state index is 11.5. The fourth-order valence-electron chi connectivity index (χ4n) is 2.58. The second-order valence-electron chi connectivity index (χ2n) is 5.10. The summed E-state index contributed by atoms with van der Waals surface area (Å²) in [7, 11) is 0. The third kappa shape index (κ3) is 2.34. The van der Waals surface area contributed by atoms with Gasteiger partial charge < -0.3 is 9.67 Å². The minimum atomic E-state index is -0.796. The number of carboxylic acid groups (broad SMARTS) is 1. The van der Waals surface area contributed by atoms with Crippen molar-refractivity contribution in [1.82, 2.24) is 19.7 Å². The Bertz CT molecular complexity index is 649. The molecule has 0 radical (unpaired) electrons. The Labute approximate surface area is 120 Å². The summed E-state index contributed by atoms with van der Waals surface area (Å²) >= 11 is 1.69. The lowest BCUT2D eigenvalue weighted by Gasteiger charge is -2.33. The Balaban J connectivity index is 1.87. The van der Waals surface area contributed by atoms with Crippen molar-refractivity contribution in [3.05, 3.63) is 33.5 Å². The average molecular weight is 292 g/mol. The lowest BCUT2D eigenvalue weighted by atomic mass is 10.1. The standard InChI is InChI=1S/C13H16N4O2S/c1-8-3-10(7-20-8)4-16-6-12-15-14-9(2)17(12)5-11(16)13(18)19/h3,7,11H,4-6H2,1-2H3,(H,18,19). The number of carbonyl (C=O) groups is 1. The fraction of sp³-hybridized carbons (Fsp3) is 0.462. The van der Waals surface area contributed by atoms with Gasteiger partial charge in [-0.05, 0) is 30.9 Å². The molecule has 0 fully saturated rings. The molecule has 0 bridgehead atoms. The molecule has 0 spiro atoms. The van der Waals surface area contributed by atoms with Crippen LogP contribution in [0.1, 0.15) is 22.1 Å². The Morgan fingerprint density at radius 1 is 1.50 bits per heavy atom. The van der Waals surface area contributed by atoms with Crippen LogP contribution in [0.2, 0.25) is 0 Å². The first-order valence-electron chi connectivity index (χ1n) is 6.44. The molecular formula is C13H16N4O2S. The van der Waals surface area contributed by atoms with Crippen LogP contribution in [-0.2, 0) is 24.4 Å². The highest BCUT2D eigenvalue weighted by molar-refractivity contribution is 7.10. The van der Waals surface area contributed by atoms with Crippen LogP contribution in [0.5, 0.6) is 0 Å². The number of rotatable bonds is 3.